The highest BCUT2D eigenvalue weighted by Gasteiger charge is 2.44. The summed E-state index contributed by atoms with van der Waals surface area (Å²) >= 11 is 0. The van der Waals surface area contributed by atoms with Gasteiger partial charge in [0.05, 0.1) is 37.4 Å². The van der Waals surface area contributed by atoms with Gasteiger partial charge in [-0.05, 0) is 50.3 Å². The second kappa shape index (κ2) is 14.1. The average Bonchev–Trinajstić information content (AvgIpc) is 3.32. The van der Waals surface area contributed by atoms with Crippen LogP contribution in [0.2, 0.25) is 0 Å². The second-order valence-corrected chi connectivity index (χ2v) is 10.7. The van der Waals surface area contributed by atoms with Crippen molar-refractivity contribution in [2.75, 3.05) is 13.2 Å². The molecule has 0 aliphatic carbocycles. The van der Waals surface area contributed by atoms with E-state index in [0.717, 1.165) is 27.8 Å². The van der Waals surface area contributed by atoms with Gasteiger partial charge in [-0.1, -0.05) is 103 Å². The van der Waals surface area contributed by atoms with Crippen molar-refractivity contribution < 1.29 is 23.8 Å². The Kier molecular flexibility index (Phi) is 10.3. The molecule has 6 heteroatoms. The highest BCUT2D eigenvalue weighted by Crippen LogP contribution is 2.28. The van der Waals surface area contributed by atoms with Crippen molar-refractivity contribution in [3.8, 4) is 0 Å². The molecule has 0 saturated carbocycles. The SMILES string of the molecule is C=C(C)CO[C@@H]([C@H](C)OCc1ccccc1)[C@@H](Cc1ccc(C)cc1)C(=O)N1C(=O)OC[C@H]1Cc1ccccc1. The summed E-state index contributed by atoms with van der Waals surface area (Å²) in [6.45, 7) is 10.6. The number of imide groups is 1. The largest absolute Gasteiger partial charge is 0.447 e. The molecule has 4 rings (SSSR count). The third-order valence-corrected chi connectivity index (χ3v) is 7.14. The minimum atomic E-state index is -0.684. The normalized spacial score (nSPS) is 17.2. The molecule has 1 saturated heterocycles. The number of hydrogen-bond acceptors (Lipinski definition) is 5. The predicted octanol–water partition coefficient (Wildman–Crippen LogP) is 6.31. The third-order valence-electron chi connectivity index (χ3n) is 7.14. The van der Waals surface area contributed by atoms with Gasteiger partial charge >= 0.3 is 6.09 Å². The number of nitrogens with zero attached hydrogens (tertiary/aromatic N) is 1. The maximum absolute atomic E-state index is 14.4. The number of carbonyl (C=O) groups is 2. The lowest BCUT2D eigenvalue weighted by Gasteiger charge is -2.34. The number of rotatable bonds is 13. The monoisotopic (exact) mass is 541 g/mol. The van der Waals surface area contributed by atoms with E-state index in [1.54, 1.807) is 0 Å². The highest BCUT2D eigenvalue weighted by molar-refractivity contribution is 5.95. The molecule has 0 radical (unpaired) electrons. The molecule has 6 nitrogen and oxygen atoms in total. The molecule has 0 N–H and O–H groups in total. The molecule has 1 heterocycles. The Morgan fingerprint density at radius 3 is 2.20 bits per heavy atom. The first kappa shape index (κ1) is 29.2. The van der Waals surface area contributed by atoms with Crippen LogP contribution in [0.3, 0.4) is 0 Å². The maximum Gasteiger partial charge on any atom is 0.416 e. The Morgan fingerprint density at radius 2 is 1.57 bits per heavy atom. The summed E-state index contributed by atoms with van der Waals surface area (Å²) in [7, 11) is 0. The molecule has 0 bridgehead atoms. The van der Waals surface area contributed by atoms with Gasteiger partial charge in [0.1, 0.15) is 6.61 Å². The summed E-state index contributed by atoms with van der Waals surface area (Å²) < 4.78 is 18.0. The van der Waals surface area contributed by atoms with Crippen LogP contribution in [0.25, 0.3) is 0 Å². The van der Waals surface area contributed by atoms with Crippen LogP contribution < -0.4 is 0 Å². The fourth-order valence-electron chi connectivity index (χ4n) is 4.98. The van der Waals surface area contributed by atoms with Crippen LogP contribution in [-0.2, 0) is 38.5 Å². The average molecular weight is 542 g/mol. The predicted molar refractivity (Wildman–Crippen MR) is 156 cm³/mol. The van der Waals surface area contributed by atoms with Crippen molar-refractivity contribution in [3.63, 3.8) is 0 Å². The molecule has 3 aromatic carbocycles. The van der Waals surface area contributed by atoms with Crippen molar-refractivity contribution >= 4 is 12.0 Å². The molecule has 4 atom stereocenters. The molecule has 40 heavy (non-hydrogen) atoms. The maximum atomic E-state index is 14.4. The number of ether oxygens (including phenoxy) is 3. The van der Waals surface area contributed by atoms with Crippen LogP contribution in [0.5, 0.6) is 0 Å². The first-order valence-corrected chi connectivity index (χ1v) is 13.8. The molecule has 3 aromatic rings. The zero-order chi connectivity index (χ0) is 28.5. The Hall–Kier alpha value is -3.74. The number of hydrogen-bond donors (Lipinski definition) is 0. The van der Waals surface area contributed by atoms with E-state index in [0.29, 0.717) is 19.4 Å². The van der Waals surface area contributed by atoms with E-state index < -0.39 is 30.3 Å². The smallest absolute Gasteiger partial charge is 0.416 e. The Morgan fingerprint density at radius 1 is 0.950 bits per heavy atom. The molecular weight excluding hydrogens is 502 g/mol. The lowest BCUT2D eigenvalue weighted by atomic mass is 9.88. The van der Waals surface area contributed by atoms with Gasteiger partial charge in [-0.25, -0.2) is 9.69 Å². The molecule has 1 aliphatic heterocycles. The zero-order valence-corrected chi connectivity index (χ0v) is 23.6. The van der Waals surface area contributed by atoms with E-state index in [9.17, 15) is 9.59 Å². The van der Waals surface area contributed by atoms with Gasteiger partial charge in [0, 0.05) is 0 Å². The van der Waals surface area contributed by atoms with Gasteiger partial charge in [-0.3, -0.25) is 4.79 Å². The van der Waals surface area contributed by atoms with Gasteiger partial charge in [0.25, 0.3) is 0 Å². The summed E-state index contributed by atoms with van der Waals surface area (Å²) in [5, 5.41) is 0. The van der Waals surface area contributed by atoms with Gasteiger partial charge in [0.2, 0.25) is 5.91 Å². The van der Waals surface area contributed by atoms with Gasteiger partial charge in [-0.2, -0.15) is 0 Å². The van der Waals surface area contributed by atoms with Gasteiger partial charge < -0.3 is 14.2 Å². The molecule has 210 valence electrons. The van der Waals surface area contributed by atoms with E-state index in [-0.39, 0.29) is 19.1 Å². The van der Waals surface area contributed by atoms with E-state index >= 15 is 0 Å². The van der Waals surface area contributed by atoms with Gasteiger partial charge in [0.15, 0.2) is 0 Å². The number of benzene rings is 3. The third kappa shape index (κ3) is 7.90. The van der Waals surface area contributed by atoms with Gasteiger partial charge in [-0.15, -0.1) is 0 Å². The molecule has 0 spiro atoms. The summed E-state index contributed by atoms with van der Waals surface area (Å²) in [4.78, 5) is 28.6. The molecule has 1 aliphatic rings. The quantitative estimate of drug-likeness (QED) is 0.237. The topological polar surface area (TPSA) is 65.1 Å². The van der Waals surface area contributed by atoms with E-state index in [1.165, 1.54) is 4.90 Å². The van der Waals surface area contributed by atoms with Crippen LogP contribution in [0.4, 0.5) is 4.79 Å². The Balaban J connectivity index is 1.64. The van der Waals surface area contributed by atoms with Crippen molar-refractivity contribution in [1.82, 2.24) is 4.90 Å². The van der Waals surface area contributed by atoms with E-state index in [1.807, 2.05) is 106 Å². The Bertz CT molecular complexity index is 1260. The minimum absolute atomic E-state index is 0.161. The first-order valence-electron chi connectivity index (χ1n) is 13.8. The van der Waals surface area contributed by atoms with Crippen LogP contribution >= 0.6 is 0 Å². The molecular formula is C34H39NO5. The standard InChI is InChI=1S/C34H39NO5/c1-24(2)21-39-32(26(4)38-22-29-13-9-6-10-14-29)31(20-28-17-15-25(3)16-18-28)33(36)35-30(23-40-34(35)37)19-27-11-7-5-8-12-27/h5-18,26,30-32H,1,19-23H2,2-4H3/t26-,30+,31+,32-/m0/s1. The van der Waals surface area contributed by atoms with Crippen LogP contribution in [0.1, 0.15) is 36.1 Å². The van der Waals surface area contributed by atoms with Crippen LogP contribution in [-0.4, -0.2) is 48.4 Å². The van der Waals surface area contributed by atoms with E-state index in [2.05, 4.69) is 6.58 Å². The minimum Gasteiger partial charge on any atom is -0.447 e. The van der Waals surface area contributed by atoms with Crippen LogP contribution in [0, 0.1) is 12.8 Å². The summed E-state index contributed by atoms with van der Waals surface area (Å²) in [5.41, 5.74) is 5.01. The van der Waals surface area contributed by atoms with Crippen molar-refractivity contribution in [1.29, 1.82) is 0 Å². The fraction of sp³-hybridized carbons (Fsp3) is 0.353. The van der Waals surface area contributed by atoms with E-state index in [4.69, 9.17) is 14.2 Å². The van der Waals surface area contributed by atoms with Crippen molar-refractivity contribution in [2.24, 2.45) is 5.92 Å². The summed E-state index contributed by atoms with van der Waals surface area (Å²) in [5.74, 6) is -0.998. The summed E-state index contributed by atoms with van der Waals surface area (Å²) in [6.07, 6.45) is -0.769. The first-order chi connectivity index (χ1) is 19.3. The molecule has 0 unspecified atom stereocenters. The van der Waals surface area contributed by atoms with Crippen molar-refractivity contribution in [3.05, 3.63) is 119 Å². The molecule has 0 aromatic heterocycles. The summed E-state index contributed by atoms with van der Waals surface area (Å²) in [6, 6.07) is 27.4. The Labute approximate surface area is 237 Å². The van der Waals surface area contributed by atoms with Crippen molar-refractivity contribution in [2.45, 2.75) is 58.5 Å². The zero-order valence-electron chi connectivity index (χ0n) is 23.6. The molecule has 1 fully saturated rings. The van der Waals surface area contributed by atoms with Crippen LogP contribution in [0.15, 0.2) is 97.1 Å². The highest BCUT2D eigenvalue weighted by atomic mass is 16.6. The molecule has 2 amide bonds. The lowest BCUT2D eigenvalue weighted by molar-refractivity contribution is -0.147. The number of carbonyl (C=O) groups excluding carboxylic acids is 2. The second-order valence-electron chi connectivity index (χ2n) is 10.7. The lowest BCUT2D eigenvalue weighted by Crippen LogP contribution is -2.50. The number of aryl methyl sites for hydroxylation is 1. The number of amides is 2. The fourth-order valence-corrected chi connectivity index (χ4v) is 4.98. The number of cyclic esters (lactones) is 1.